The van der Waals surface area contributed by atoms with Crippen LogP contribution in [-0.4, -0.2) is 21.4 Å². The van der Waals surface area contributed by atoms with Gasteiger partial charge >= 0.3 is 0 Å². The summed E-state index contributed by atoms with van der Waals surface area (Å²) >= 11 is 5.97. The normalized spacial score (nSPS) is 12.1. The fourth-order valence-corrected chi connectivity index (χ4v) is 4.44. The molecule has 3 rings (SSSR count). The average molecular weight is 445 g/mol. The Morgan fingerprint density at radius 2 is 1.67 bits per heavy atom. The highest BCUT2D eigenvalue weighted by Gasteiger charge is 2.23. The van der Waals surface area contributed by atoms with E-state index in [1.807, 2.05) is 37.3 Å². The van der Waals surface area contributed by atoms with Crippen LogP contribution in [0.15, 0.2) is 77.7 Å². The molecule has 0 bridgehead atoms. The molecular weight excluding hydrogens is 424 g/mol. The summed E-state index contributed by atoms with van der Waals surface area (Å²) in [5.41, 5.74) is 1.29. The zero-order chi connectivity index (χ0) is 21.7. The molecule has 8 heteroatoms. The van der Waals surface area contributed by atoms with Gasteiger partial charge in [-0.1, -0.05) is 54.1 Å². The zero-order valence-electron chi connectivity index (χ0n) is 16.4. The van der Waals surface area contributed by atoms with E-state index in [1.165, 1.54) is 31.4 Å². The summed E-state index contributed by atoms with van der Waals surface area (Å²) in [5, 5.41) is 3.14. The van der Waals surface area contributed by atoms with Crippen LogP contribution >= 0.6 is 11.6 Å². The molecule has 0 aromatic heterocycles. The summed E-state index contributed by atoms with van der Waals surface area (Å²) in [7, 11) is -2.69. The summed E-state index contributed by atoms with van der Waals surface area (Å²) in [6.45, 7) is 1.86. The Bertz CT molecular complexity index is 1150. The highest BCUT2D eigenvalue weighted by Crippen LogP contribution is 2.29. The number of carbonyl (C=O) groups is 1. The highest BCUT2D eigenvalue weighted by atomic mass is 35.5. The van der Waals surface area contributed by atoms with Gasteiger partial charge in [0.25, 0.3) is 15.9 Å². The van der Waals surface area contributed by atoms with Crippen molar-refractivity contribution < 1.29 is 17.9 Å². The van der Waals surface area contributed by atoms with Crippen LogP contribution in [0, 0.1) is 0 Å². The molecule has 0 radical (unpaired) electrons. The first-order valence-electron chi connectivity index (χ1n) is 9.13. The van der Waals surface area contributed by atoms with Crippen LogP contribution in [-0.2, 0) is 10.0 Å². The van der Waals surface area contributed by atoms with Crippen molar-refractivity contribution in [2.24, 2.45) is 0 Å². The van der Waals surface area contributed by atoms with Crippen LogP contribution in [0.4, 0.5) is 5.69 Å². The Hall–Kier alpha value is -3.03. The number of sulfonamides is 1. The molecule has 0 saturated heterocycles. The lowest BCUT2D eigenvalue weighted by Gasteiger charge is -2.17. The van der Waals surface area contributed by atoms with Crippen molar-refractivity contribution in [3.8, 4) is 5.75 Å². The first kappa shape index (κ1) is 21.7. The molecule has 156 valence electrons. The molecule has 2 N–H and O–H groups in total. The number of carbonyl (C=O) groups excluding carboxylic acids is 1. The Labute approximate surface area is 180 Å². The van der Waals surface area contributed by atoms with E-state index in [1.54, 1.807) is 18.2 Å². The molecule has 0 saturated carbocycles. The smallest absolute Gasteiger partial charge is 0.265 e. The van der Waals surface area contributed by atoms with Crippen LogP contribution in [0.3, 0.4) is 0 Å². The van der Waals surface area contributed by atoms with E-state index in [-0.39, 0.29) is 33.0 Å². The number of hydrogen-bond acceptors (Lipinski definition) is 4. The zero-order valence-corrected chi connectivity index (χ0v) is 18.0. The fourth-order valence-electron chi connectivity index (χ4n) is 2.93. The Morgan fingerprint density at radius 3 is 2.37 bits per heavy atom. The Morgan fingerprint density at radius 1 is 1.00 bits per heavy atom. The van der Waals surface area contributed by atoms with Crippen molar-refractivity contribution in [1.29, 1.82) is 0 Å². The van der Waals surface area contributed by atoms with Crippen molar-refractivity contribution in [3.05, 3.63) is 88.9 Å². The molecule has 3 aromatic carbocycles. The molecule has 0 heterocycles. The van der Waals surface area contributed by atoms with E-state index in [0.717, 1.165) is 5.56 Å². The minimum absolute atomic E-state index is 0.120. The lowest BCUT2D eigenvalue weighted by molar-refractivity contribution is 0.0941. The van der Waals surface area contributed by atoms with Crippen molar-refractivity contribution in [2.45, 2.75) is 17.9 Å². The Balaban J connectivity index is 1.88. The standard InChI is InChI=1S/C22H21ClN2O4S/c1-15(16-8-4-3-5-9-16)24-22(26)18-10-6-7-11-19(18)25-30(27,28)21-14-17(23)12-13-20(21)29-2/h3-15,25H,1-2H3,(H,24,26)/t15-/m1/s1. The fraction of sp³-hybridized carbons (Fsp3) is 0.136. The maximum absolute atomic E-state index is 13.0. The van der Waals surface area contributed by atoms with Gasteiger partial charge in [0.2, 0.25) is 0 Å². The number of methoxy groups -OCH3 is 1. The number of rotatable bonds is 7. The van der Waals surface area contributed by atoms with Crippen LogP contribution in [0.25, 0.3) is 0 Å². The van der Waals surface area contributed by atoms with Gasteiger partial charge in [-0.05, 0) is 42.8 Å². The van der Waals surface area contributed by atoms with E-state index >= 15 is 0 Å². The van der Waals surface area contributed by atoms with Gasteiger partial charge in [0, 0.05) is 5.02 Å². The lowest BCUT2D eigenvalue weighted by atomic mass is 10.1. The van der Waals surface area contributed by atoms with Crippen LogP contribution in [0.2, 0.25) is 5.02 Å². The van der Waals surface area contributed by atoms with E-state index in [9.17, 15) is 13.2 Å². The number of benzene rings is 3. The predicted molar refractivity (Wildman–Crippen MR) is 118 cm³/mol. The molecule has 3 aromatic rings. The molecule has 0 aliphatic heterocycles. The summed E-state index contributed by atoms with van der Waals surface area (Å²) in [6, 6.07) is 19.9. The van der Waals surface area contributed by atoms with Gasteiger partial charge in [-0.15, -0.1) is 0 Å². The van der Waals surface area contributed by atoms with Gasteiger partial charge in [-0.25, -0.2) is 8.42 Å². The van der Waals surface area contributed by atoms with Crippen molar-refractivity contribution in [2.75, 3.05) is 11.8 Å². The van der Waals surface area contributed by atoms with Crippen LogP contribution < -0.4 is 14.8 Å². The predicted octanol–water partition coefficient (Wildman–Crippen LogP) is 4.64. The van der Waals surface area contributed by atoms with Crippen molar-refractivity contribution >= 4 is 33.2 Å². The third-order valence-corrected chi connectivity index (χ3v) is 6.10. The van der Waals surface area contributed by atoms with E-state index in [2.05, 4.69) is 10.0 Å². The molecule has 1 atom stereocenters. The minimum Gasteiger partial charge on any atom is -0.495 e. The maximum Gasteiger partial charge on any atom is 0.265 e. The van der Waals surface area contributed by atoms with Gasteiger partial charge in [0.1, 0.15) is 10.6 Å². The molecule has 1 amide bonds. The molecular formula is C22H21ClN2O4S. The van der Waals surface area contributed by atoms with Gasteiger partial charge in [0.15, 0.2) is 0 Å². The van der Waals surface area contributed by atoms with E-state index in [0.29, 0.717) is 0 Å². The lowest BCUT2D eigenvalue weighted by Crippen LogP contribution is -2.28. The number of nitrogens with one attached hydrogen (secondary N) is 2. The second-order valence-corrected chi connectivity index (χ2v) is 8.64. The van der Waals surface area contributed by atoms with Gasteiger partial charge in [-0.2, -0.15) is 0 Å². The van der Waals surface area contributed by atoms with Gasteiger partial charge in [-0.3, -0.25) is 9.52 Å². The molecule has 0 aliphatic rings. The number of anilines is 1. The highest BCUT2D eigenvalue weighted by molar-refractivity contribution is 7.92. The summed E-state index contributed by atoms with van der Waals surface area (Å²) < 4.78 is 33.6. The van der Waals surface area contributed by atoms with E-state index < -0.39 is 15.9 Å². The monoisotopic (exact) mass is 444 g/mol. The number of para-hydroxylation sites is 1. The van der Waals surface area contributed by atoms with Crippen LogP contribution in [0.5, 0.6) is 5.75 Å². The molecule has 0 fully saturated rings. The number of amides is 1. The molecule has 0 spiro atoms. The third kappa shape index (κ3) is 4.93. The summed E-state index contributed by atoms with van der Waals surface area (Å²) in [5.74, 6) is -0.255. The molecule has 0 unspecified atom stereocenters. The SMILES string of the molecule is COc1ccc(Cl)cc1S(=O)(=O)Nc1ccccc1C(=O)N[C@H](C)c1ccccc1. The number of ether oxygens (including phenoxy) is 1. The van der Waals surface area contributed by atoms with Crippen molar-refractivity contribution in [1.82, 2.24) is 5.32 Å². The number of hydrogen-bond donors (Lipinski definition) is 2. The molecule has 30 heavy (non-hydrogen) atoms. The average Bonchev–Trinajstić information content (AvgIpc) is 2.74. The van der Waals surface area contributed by atoms with Crippen molar-refractivity contribution in [3.63, 3.8) is 0 Å². The summed E-state index contributed by atoms with van der Waals surface area (Å²) in [4.78, 5) is 12.7. The third-order valence-electron chi connectivity index (χ3n) is 4.48. The topological polar surface area (TPSA) is 84.5 Å². The largest absolute Gasteiger partial charge is 0.495 e. The summed E-state index contributed by atoms with van der Waals surface area (Å²) in [6.07, 6.45) is 0. The van der Waals surface area contributed by atoms with Gasteiger partial charge in [0.05, 0.1) is 24.4 Å². The maximum atomic E-state index is 13.0. The second kappa shape index (κ2) is 9.19. The first-order chi connectivity index (χ1) is 14.3. The first-order valence-corrected chi connectivity index (χ1v) is 11.0. The Kier molecular flexibility index (Phi) is 6.64. The van der Waals surface area contributed by atoms with Crippen LogP contribution in [0.1, 0.15) is 28.9 Å². The minimum atomic E-state index is -4.05. The molecule has 6 nitrogen and oxygen atoms in total. The van der Waals surface area contributed by atoms with Gasteiger partial charge < -0.3 is 10.1 Å². The molecule has 0 aliphatic carbocycles. The second-order valence-electron chi connectivity index (χ2n) is 6.55. The van der Waals surface area contributed by atoms with E-state index in [4.69, 9.17) is 16.3 Å². The number of halogens is 1. The quantitative estimate of drug-likeness (QED) is 0.556.